The molecular formula is C20H21N3O6S2. The van der Waals surface area contributed by atoms with Crippen molar-refractivity contribution in [3.8, 4) is 11.5 Å². The van der Waals surface area contributed by atoms with Crippen molar-refractivity contribution in [2.75, 3.05) is 7.11 Å². The molecule has 0 bridgehead atoms. The summed E-state index contributed by atoms with van der Waals surface area (Å²) >= 11 is 1.08. The van der Waals surface area contributed by atoms with Gasteiger partial charge in [-0.25, -0.2) is 5.01 Å². The van der Waals surface area contributed by atoms with E-state index in [0.717, 1.165) is 22.3 Å². The van der Waals surface area contributed by atoms with Crippen molar-refractivity contribution in [2.24, 2.45) is 5.10 Å². The molecule has 31 heavy (non-hydrogen) atoms. The number of ether oxygens (including phenoxy) is 1. The molecule has 1 N–H and O–H groups in total. The van der Waals surface area contributed by atoms with E-state index in [1.165, 1.54) is 39.2 Å². The van der Waals surface area contributed by atoms with Crippen LogP contribution in [0.4, 0.5) is 0 Å². The minimum Gasteiger partial charge on any atom is -0.497 e. The summed E-state index contributed by atoms with van der Waals surface area (Å²) < 4.78 is 36.4. The lowest BCUT2D eigenvalue weighted by molar-refractivity contribution is -0.129. The predicted molar refractivity (Wildman–Crippen MR) is 116 cm³/mol. The van der Waals surface area contributed by atoms with Crippen molar-refractivity contribution >= 4 is 38.9 Å². The molecule has 9 nitrogen and oxygen atoms in total. The smallest absolute Gasteiger partial charge is 0.339 e. The number of benzene rings is 2. The number of hydrogen-bond donors (Lipinski definition) is 1. The van der Waals surface area contributed by atoms with Gasteiger partial charge in [0.15, 0.2) is 5.17 Å². The molecule has 164 valence electrons. The number of nitrogens with one attached hydrogen (secondary N) is 1. The Hall–Kier alpha value is -3.05. The Morgan fingerprint density at radius 3 is 2.39 bits per heavy atom. The Morgan fingerprint density at radius 1 is 1.13 bits per heavy atom. The van der Waals surface area contributed by atoms with Crippen molar-refractivity contribution in [1.82, 2.24) is 10.3 Å². The van der Waals surface area contributed by atoms with Crippen molar-refractivity contribution in [1.29, 1.82) is 0 Å². The monoisotopic (exact) mass is 463 g/mol. The Balaban J connectivity index is 2.01. The van der Waals surface area contributed by atoms with Crippen LogP contribution in [0.3, 0.4) is 0 Å². The maximum absolute atomic E-state index is 12.8. The third-order valence-corrected chi connectivity index (χ3v) is 6.57. The fourth-order valence-electron chi connectivity index (χ4n) is 2.76. The highest BCUT2D eigenvalue weighted by molar-refractivity contribution is 8.14. The van der Waals surface area contributed by atoms with Crippen LogP contribution >= 0.6 is 11.8 Å². The Labute approximate surface area is 184 Å². The van der Waals surface area contributed by atoms with Crippen molar-refractivity contribution in [3.63, 3.8) is 0 Å². The Bertz CT molecular complexity index is 1150. The highest BCUT2D eigenvalue weighted by atomic mass is 32.2. The lowest BCUT2D eigenvalue weighted by Gasteiger charge is -2.22. The number of rotatable bonds is 5. The van der Waals surface area contributed by atoms with Gasteiger partial charge >= 0.3 is 10.1 Å². The van der Waals surface area contributed by atoms with E-state index in [-0.39, 0.29) is 21.7 Å². The van der Waals surface area contributed by atoms with Gasteiger partial charge in [0.2, 0.25) is 11.8 Å². The van der Waals surface area contributed by atoms with Gasteiger partial charge in [-0.05, 0) is 37.3 Å². The molecule has 1 aliphatic heterocycles. The molecular weight excluding hydrogens is 442 g/mol. The maximum atomic E-state index is 12.8. The molecule has 0 aromatic heterocycles. The van der Waals surface area contributed by atoms with Gasteiger partial charge < -0.3 is 14.2 Å². The molecule has 1 aliphatic rings. The van der Waals surface area contributed by atoms with E-state index in [4.69, 9.17) is 8.92 Å². The highest BCUT2D eigenvalue weighted by Gasteiger charge is 2.35. The van der Waals surface area contributed by atoms with E-state index in [2.05, 4.69) is 10.4 Å². The molecule has 0 fully saturated rings. The zero-order valence-corrected chi connectivity index (χ0v) is 18.9. The van der Waals surface area contributed by atoms with Gasteiger partial charge in [0, 0.05) is 19.4 Å². The molecule has 1 heterocycles. The Morgan fingerprint density at radius 2 is 1.81 bits per heavy atom. The van der Waals surface area contributed by atoms with Crippen molar-refractivity contribution in [2.45, 2.75) is 31.0 Å². The van der Waals surface area contributed by atoms with Gasteiger partial charge in [-0.3, -0.25) is 9.59 Å². The molecule has 0 aliphatic carbocycles. The normalized spacial score (nSPS) is 15.9. The van der Waals surface area contributed by atoms with Crippen molar-refractivity contribution < 1.29 is 26.9 Å². The van der Waals surface area contributed by atoms with Crippen LogP contribution in [0.1, 0.15) is 30.3 Å². The molecule has 1 atom stereocenters. The zero-order chi connectivity index (χ0) is 22.8. The average Bonchev–Trinajstić information content (AvgIpc) is 3.11. The van der Waals surface area contributed by atoms with E-state index < -0.39 is 21.4 Å². The first-order valence-electron chi connectivity index (χ1n) is 9.12. The van der Waals surface area contributed by atoms with Crippen LogP contribution in [0, 0.1) is 6.92 Å². The van der Waals surface area contributed by atoms with Gasteiger partial charge in [-0.15, -0.1) is 5.10 Å². The van der Waals surface area contributed by atoms with Gasteiger partial charge in [0.1, 0.15) is 21.8 Å². The zero-order valence-electron chi connectivity index (χ0n) is 17.3. The summed E-state index contributed by atoms with van der Waals surface area (Å²) in [5.74, 6) is -0.288. The van der Waals surface area contributed by atoms with Gasteiger partial charge in [-0.1, -0.05) is 29.5 Å². The fraction of sp³-hybridized carbons (Fsp3) is 0.250. The second-order valence-electron chi connectivity index (χ2n) is 6.67. The SMILES string of the molecule is COc1ccc(OS(=O)(=O)c2ccc(C)cc2)c(C2SC(NC(C)=O)=NN2C(C)=O)c1. The van der Waals surface area contributed by atoms with Crippen LogP contribution in [0.2, 0.25) is 0 Å². The summed E-state index contributed by atoms with van der Waals surface area (Å²) in [6.07, 6.45) is 0. The molecule has 1 unspecified atom stereocenters. The molecule has 2 aromatic rings. The second kappa shape index (κ2) is 8.98. The number of thioether (sulfide) groups is 1. The predicted octanol–water partition coefficient (Wildman–Crippen LogP) is 2.77. The third-order valence-electron chi connectivity index (χ3n) is 4.24. The molecule has 2 amide bonds. The van der Waals surface area contributed by atoms with Crippen LogP contribution in [0.5, 0.6) is 11.5 Å². The first-order valence-corrected chi connectivity index (χ1v) is 11.4. The molecule has 11 heteroatoms. The summed E-state index contributed by atoms with van der Waals surface area (Å²) in [4.78, 5) is 23.6. The summed E-state index contributed by atoms with van der Waals surface area (Å²) in [6, 6.07) is 10.8. The summed E-state index contributed by atoms with van der Waals surface area (Å²) in [5, 5.41) is 7.27. The van der Waals surface area contributed by atoms with E-state index in [9.17, 15) is 18.0 Å². The third kappa shape index (κ3) is 5.17. The van der Waals surface area contributed by atoms with Gasteiger partial charge in [0.05, 0.1) is 7.11 Å². The maximum Gasteiger partial charge on any atom is 0.339 e. The first kappa shape index (κ1) is 22.6. The van der Waals surface area contributed by atoms with E-state index in [1.54, 1.807) is 24.3 Å². The number of amides is 2. The Kier molecular flexibility index (Phi) is 6.56. The number of methoxy groups -OCH3 is 1. The number of hydrogen-bond acceptors (Lipinski definition) is 8. The number of nitrogens with zero attached hydrogens (tertiary/aromatic N) is 2. The lowest BCUT2D eigenvalue weighted by Crippen LogP contribution is -2.25. The van der Waals surface area contributed by atoms with Crippen LogP contribution in [0.25, 0.3) is 0 Å². The van der Waals surface area contributed by atoms with Crippen LogP contribution in [-0.4, -0.2) is 37.5 Å². The standard InChI is InChI=1S/C20H21N3O6S2/c1-12-5-8-16(9-6-12)31(26,27)29-18-10-7-15(28-4)11-17(18)19-23(14(3)25)22-20(30-19)21-13(2)24/h5-11,19H,1-4H3,(H,21,22,24). The molecule has 0 saturated carbocycles. The molecule has 0 radical (unpaired) electrons. The highest BCUT2D eigenvalue weighted by Crippen LogP contribution is 2.44. The van der Waals surface area contributed by atoms with Crippen molar-refractivity contribution in [3.05, 3.63) is 53.6 Å². The number of hydrazone groups is 1. The summed E-state index contributed by atoms with van der Waals surface area (Å²) in [7, 11) is -2.67. The van der Waals surface area contributed by atoms with Gasteiger partial charge in [-0.2, -0.15) is 8.42 Å². The first-order chi connectivity index (χ1) is 14.6. The minimum atomic E-state index is -4.13. The summed E-state index contributed by atoms with van der Waals surface area (Å²) in [6.45, 7) is 4.49. The molecule has 3 rings (SSSR count). The summed E-state index contributed by atoms with van der Waals surface area (Å²) in [5.41, 5.74) is 1.26. The van der Waals surface area contributed by atoms with Crippen LogP contribution in [0.15, 0.2) is 52.5 Å². The molecule has 2 aromatic carbocycles. The van der Waals surface area contributed by atoms with Crippen LogP contribution < -0.4 is 14.2 Å². The number of carbonyl (C=O) groups excluding carboxylic acids is 2. The average molecular weight is 464 g/mol. The lowest BCUT2D eigenvalue weighted by atomic mass is 10.2. The molecule has 0 spiro atoms. The van der Waals surface area contributed by atoms with Crippen LogP contribution in [-0.2, 0) is 19.7 Å². The van der Waals surface area contributed by atoms with E-state index >= 15 is 0 Å². The quantitative estimate of drug-likeness (QED) is 0.678. The van der Waals surface area contributed by atoms with E-state index in [0.29, 0.717) is 11.3 Å². The molecule has 0 saturated heterocycles. The largest absolute Gasteiger partial charge is 0.497 e. The minimum absolute atomic E-state index is 0.00227. The number of carbonyl (C=O) groups is 2. The van der Waals surface area contributed by atoms with E-state index in [1.807, 2.05) is 6.92 Å². The number of amidine groups is 1. The van der Waals surface area contributed by atoms with Gasteiger partial charge in [0.25, 0.3) is 0 Å². The second-order valence-corrected chi connectivity index (χ2v) is 9.29. The fourth-order valence-corrected chi connectivity index (χ4v) is 4.87. The topological polar surface area (TPSA) is 114 Å². The number of aryl methyl sites for hydroxylation is 1.